The van der Waals surface area contributed by atoms with Crippen LogP contribution in [0, 0.1) is 11.6 Å². The Balaban J connectivity index is 1.53. The summed E-state index contributed by atoms with van der Waals surface area (Å²) in [6, 6.07) is 2.95. The maximum absolute atomic E-state index is 13.6. The smallest absolute Gasteiger partial charge is 0.258 e. The molecule has 0 radical (unpaired) electrons. The van der Waals surface area contributed by atoms with Crippen LogP contribution in [0.25, 0.3) is 0 Å². The van der Waals surface area contributed by atoms with Gasteiger partial charge < -0.3 is 10.6 Å². The number of nitrogens with zero attached hydrogens (tertiary/aromatic N) is 2. The third-order valence-electron chi connectivity index (χ3n) is 4.21. The van der Waals surface area contributed by atoms with Gasteiger partial charge in [0.1, 0.15) is 11.6 Å². The van der Waals surface area contributed by atoms with Crippen LogP contribution in [0.5, 0.6) is 0 Å². The third-order valence-corrected chi connectivity index (χ3v) is 4.21. The summed E-state index contributed by atoms with van der Waals surface area (Å²) < 4.78 is 26.5. The number of rotatable bonds is 6. The Hall–Kier alpha value is -2.83. The van der Waals surface area contributed by atoms with Crippen molar-refractivity contribution in [2.75, 3.05) is 17.2 Å². The highest BCUT2D eigenvalue weighted by Gasteiger charge is 2.11. The monoisotopic (exact) mass is 358 g/mol. The van der Waals surface area contributed by atoms with Gasteiger partial charge >= 0.3 is 0 Å². The lowest BCUT2D eigenvalue weighted by Gasteiger charge is -2.12. The molecule has 1 aliphatic rings. The minimum Gasteiger partial charge on any atom is -0.354 e. The summed E-state index contributed by atoms with van der Waals surface area (Å²) >= 11 is 0. The molecule has 26 heavy (non-hydrogen) atoms. The molecular weight excluding hydrogens is 338 g/mol. The van der Waals surface area contributed by atoms with Crippen molar-refractivity contribution in [2.24, 2.45) is 0 Å². The van der Waals surface area contributed by atoms with E-state index >= 15 is 0 Å². The van der Waals surface area contributed by atoms with Gasteiger partial charge in [0.25, 0.3) is 5.91 Å². The molecule has 0 saturated carbocycles. The molecular formula is C19H20F2N4O. The fourth-order valence-electron chi connectivity index (χ4n) is 2.79. The number of carbonyl (C=O) groups excluding carboxylic acids is 1. The molecule has 1 aromatic heterocycles. The van der Waals surface area contributed by atoms with Crippen LogP contribution in [0.4, 0.5) is 20.4 Å². The summed E-state index contributed by atoms with van der Waals surface area (Å²) in [5, 5.41) is 5.50. The van der Waals surface area contributed by atoms with Crippen LogP contribution in [0.2, 0.25) is 0 Å². The molecule has 0 atom stereocenters. The van der Waals surface area contributed by atoms with Gasteiger partial charge in [-0.15, -0.1) is 0 Å². The van der Waals surface area contributed by atoms with Crippen molar-refractivity contribution < 1.29 is 13.6 Å². The van der Waals surface area contributed by atoms with E-state index in [2.05, 4.69) is 26.7 Å². The molecule has 1 heterocycles. The fourth-order valence-corrected chi connectivity index (χ4v) is 2.79. The van der Waals surface area contributed by atoms with E-state index in [1.807, 2.05) is 0 Å². The van der Waals surface area contributed by atoms with Crippen LogP contribution in [0.15, 0.2) is 42.2 Å². The first-order valence-electron chi connectivity index (χ1n) is 8.62. The fraction of sp³-hybridized carbons (Fsp3) is 0.316. The lowest BCUT2D eigenvalue weighted by atomic mass is 9.97. The number of aromatic nitrogens is 2. The van der Waals surface area contributed by atoms with Gasteiger partial charge in [-0.25, -0.2) is 18.7 Å². The van der Waals surface area contributed by atoms with E-state index in [9.17, 15) is 13.6 Å². The second-order valence-electron chi connectivity index (χ2n) is 6.16. The Labute approximate surface area is 150 Å². The molecule has 0 saturated heterocycles. The number of benzene rings is 1. The Kier molecular flexibility index (Phi) is 5.88. The standard InChI is InChI=1S/C19H20F2N4O/c20-15-6-7-17(16(21)10-15)25-18(26)14-11-23-19(24-12-14)22-9-8-13-4-2-1-3-5-13/h4,6-7,10-12H,1-3,5,8-9H2,(H,25,26)(H,22,23,24). The normalized spacial score (nSPS) is 13.8. The number of hydrogen-bond donors (Lipinski definition) is 2. The topological polar surface area (TPSA) is 66.9 Å². The molecule has 0 fully saturated rings. The van der Waals surface area contributed by atoms with Crippen molar-refractivity contribution in [2.45, 2.75) is 32.1 Å². The first-order valence-corrected chi connectivity index (χ1v) is 8.62. The second kappa shape index (κ2) is 8.51. The lowest BCUT2D eigenvalue weighted by Crippen LogP contribution is -2.14. The molecule has 136 valence electrons. The van der Waals surface area contributed by atoms with Gasteiger partial charge in [-0.05, 0) is 44.2 Å². The van der Waals surface area contributed by atoms with Crippen LogP contribution >= 0.6 is 0 Å². The molecule has 0 unspecified atom stereocenters. The molecule has 2 aromatic rings. The maximum Gasteiger partial charge on any atom is 0.258 e. The molecule has 5 nitrogen and oxygen atoms in total. The minimum atomic E-state index is -0.838. The average Bonchev–Trinajstić information content (AvgIpc) is 2.65. The zero-order valence-electron chi connectivity index (χ0n) is 14.3. The molecule has 0 aliphatic heterocycles. The van der Waals surface area contributed by atoms with E-state index in [0.717, 1.165) is 31.9 Å². The highest BCUT2D eigenvalue weighted by Crippen LogP contribution is 2.20. The average molecular weight is 358 g/mol. The van der Waals surface area contributed by atoms with Crippen LogP contribution < -0.4 is 10.6 Å². The largest absolute Gasteiger partial charge is 0.354 e. The third kappa shape index (κ3) is 4.84. The van der Waals surface area contributed by atoms with Crippen LogP contribution in [-0.2, 0) is 0 Å². The van der Waals surface area contributed by atoms with E-state index in [-0.39, 0.29) is 11.3 Å². The first-order chi connectivity index (χ1) is 12.6. The molecule has 1 aromatic carbocycles. The van der Waals surface area contributed by atoms with Crippen LogP contribution in [-0.4, -0.2) is 22.4 Å². The lowest BCUT2D eigenvalue weighted by molar-refractivity contribution is 0.102. The summed E-state index contributed by atoms with van der Waals surface area (Å²) in [4.78, 5) is 20.3. The predicted octanol–water partition coefficient (Wildman–Crippen LogP) is 4.31. The zero-order valence-corrected chi connectivity index (χ0v) is 14.3. The van der Waals surface area contributed by atoms with Crippen LogP contribution in [0.1, 0.15) is 42.5 Å². The van der Waals surface area contributed by atoms with E-state index in [0.29, 0.717) is 12.0 Å². The van der Waals surface area contributed by atoms with E-state index in [1.54, 1.807) is 0 Å². The van der Waals surface area contributed by atoms with Crippen molar-refractivity contribution in [1.29, 1.82) is 0 Å². The number of hydrogen-bond acceptors (Lipinski definition) is 4. The van der Waals surface area contributed by atoms with Crippen molar-refractivity contribution in [1.82, 2.24) is 9.97 Å². The Morgan fingerprint density at radius 1 is 1.15 bits per heavy atom. The summed E-state index contributed by atoms with van der Waals surface area (Å²) in [6.45, 7) is 0.734. The van der Waals surface area contributed by atoms with E-state index in [1.165, 1.54) is 36.9 Å². The predicted molar refractivity (Wildman–Crippen MR) is 96.0 cm³/mol. The molecule has 0 spiro atoms. The summed E-state index contributed by atoms with van der Waals surface area (Å²) in [7, 11) is 0. The van der Waals surface area contributed by atoms with Crippen molar-refractivity contribution in [3.8, 4) is 0 Å². The van der Waals surface area contributed by atoms with Gasteiger partial charge in [-0.1, -0.05) is 11.6 Å². The van der Waals surface area contributed by atoms with Gasteiger partial charge in [0, 0.05) is 25.0 Å². The zero-order chi connectivity index (χ0) is 18.4. The quantitative estimate of drug-likeness (QED) is 0.755. The van der Waals surface area contributed by atoms with Crippen molar-refractivity contribution in [3.63, 3.8) is 0 Å². The molecule has 2 N–H and O–H groups in total. The summed E-state index contributed by atoms with van der Waals surface area (Å²) in [6.07, 6.45) is 10.8. The summed E-state index contributed by atoms with van der Waals surface area (Å²) in [5.41, 5.74) is 1.55. The van der Waals surface area contributed by atoms with Crippen LogP contribution in [0.3, 0.4) is 0 Å². The maximum atomic E-state index is 13.6. The summed E-state index contributed by atoms with van der Waals surface area (Å²) in [5.74, 6) is -1.67. The van der Waals surface area contributed by atoms with Crippen molar-refractivity contribution >= 4 is 17.5 Å². The molecule has 7 heteroatoms. The van der Waals surface area contributed by atoms with Gasteiger partial charge in [0.2, 0.25) is 5.95 Å². The number of carbonyl (C=O) groups is 1. The highest BCUT2D eigenvalue weighted by molar-refractivity contribution is 6.03. The number of nitrogens with one attached hydrogen (secondary N) is 2. The number of amides is 1. The number of halogens is 2. The minimum absolute atomic E-state index is 0.0978. The highest BCUT2D eigenvalue weighted by atomic mass is 19.1. The van der Waals surface area contributed by atoms with E-state index < -0.39 is 17.5 Å². The van der Waals surface area contributed by atoms with Gasteiger partial charge in [0.05, 0.1) is 11.3 Å². The Bertz CT molecular complexity index is 806. The SMILES string of the molecule is O=C(Nc1ccc(F)cc1F)c1cnc(NCCC2=CCCCC2)nc1. The molecule has 1 amide bonds. The number of allylic oxidation sites excluding steroid dienone is 1. The van der Waals surface area contributed by atoms with E-state index in [4.69, 9.17) is 0 Å². The first kappa shape index (κ1) is 18.0. The Morgan fingerprint density at radius 2 is 1.96 bits per heavy atom. The molecule has 1 aliphatic carbocycles. The van der Waals surface area contributed by atoms with Crippen molar-refractivity contribution in [3.05, 3.63) is 59.4 Å². The Morgan fingerprint density at radius 3 is 2.65 bits per heavy atom. The van der Waals surface area contributed by atoms with Gasteiger partial charge in [-0.2, -0.15) is 0 Å². The molecule has 3 rings (SSSR count). The molecule has 0 bridgehead atoms. The van der Waals surface area contributed by atoms with Gasteiger partial charge in [-0.3, -0.25) is 4.79 Å². The van der Waals surface area contributed by atoms with Gasteiger partial charge in [0.15, 0.2) is 0 Å². The number of anilines is 2. The second-order valence-corrected chi connectivity index (χ2v) is 6.16.